The molecule has 0 saturated carbocycles. The zero-order valence-corrected chi connectivity index (χ0v) is 9.83. The molecule has 2 aromatic heterocycles. The maximum Gasteiger partial charge on any atom is 0.202 e. The van der Waals surface area contributed by atoms with Crippen molar-refractivity contribution in [2.45, 2.75) is 13.8 Å². The van der Waals surface area contributed by atoms with Gasteiger partial charge in [0, 0.05) is 36.2 Å². The average molecular weight is 211 g/mol. The number of aryl methyl sites for hydroxylation is 2. The molecular formula is C14H15N2+. The molecule has 2 nitrogen and oxygen atoms in total. The first-order chi connectivity index (χ1) is 7.68. The molecule has 0 unspecified atom stereocenters. The zero-order valence-electron chi connectivity index (χ0n) is 9.83. The van der Waals surface area contributed by atoms with Crippen molar-refractivity contribution in [1.29, 1.82) is 0 Å². The number of rotatable bonds is 0. The quantitative estimate of drug-likeness (QED) is 0.552. The van der Waals surface area contributed by atoms with E-state index in [1.807, 2.05) is 0 Å². The van der Waals surface area contributed by atoms with Gasteiger partial charge in [-0.3, -0.25) is 0 Å². The van der Waals surface area contributed by atoms with Gasteiger partial charge in [-0.15, -0.1) is 0 Å². The third-order valence-corrected chi connectivity index (χ3v) is 3.49. The van der Waals surface area contributed by atoms with Crippen LogP contribution in [-0.2, 0) is 7.05 Å². The third kappa shape index (κ3) is 1.10. The van der Waals surface area contributed by atoms with E-state index < -0.39 is 0 Å². The van der Waals surface area contributed by atoms with E-state index in [1.54, 1.807) is 0 Å². The Kier molecular flexibility index (Phi) is 1.81. The summed E-state index contributed by atoms with van der Waals surface area (Å²) in [6.45, 7) is 4.30. The van der Waals surface area contributed by atoms with Gasteiger partial charge in [0.25, 0.3) is 0 Å². The first kappa shape index (κ1) is 9.40. The topological polar surface area (TPSA) is 19.7 Å². The molecule has 80 valence electrons. The number of nitrogens with one attached hydrogen (secondary N) is 1. The van der Waals surface area contributed by atoms with Gasteiger partial charge in [0.15, 0.2) is 5.69 Å². The summed E-state index contributed by atoms with van der Waals surface area (Å²) in [7, 11) is 2.11. The van der Waals surface area contributed by atoms with Crippen LogP contribution in [0.15, 0.2) is 30.3 Å². The standard InChI is InChI=1S/C14H14N2/c1-9-8-12-11-6-4-5-7-13(11)15-14(12)10(2)16(9)3/h4-8H,1-3H3/p+1. The second-order valence-corrected chi connectivity index (χ2v) is 4.39. The highest BCUT2D eigenvalue weighted by atomic mass is 15.0. The van der Waals surface area contributed by atoms with Crippen LogP contribution in [0.1, 0.15) is 11.4 Å². The molecule has 0 aliphatic carbocycles. The van der Waals surface area contributed by atoms with Crippen molar-refractivity contribution in [1.82, 2.24) is 4.98 Å². The number of aromatic nitrogens is 2. The van der Waals surface area contributed by atoms with Crippen molar-refractivity contribution in [2.24, 2.45) is 7.05 Å². The summed E-state index contributed by atoms with van der Waals surface area (Å²) >= 11 is 0. The molecule has 2 heterocycles. The molecule has 3 rings (SSSR count). The normalized spacial score (nSPS) is 11.4. The van der Waals surface area contributed by atoms with Crippen LogP contribution in [-0.4, -0.2) is 4.98 Å². The van der Waals surface area contributed by atoms with E-state index in [0.717, 1.165) is 0 Å². The molecule has 1 N–H and O–H groups in total. The van der Waals surface area contributed by atoms with Gasteiger partial charge >= 0.3 is 0 Å². The minimum Gasteiger partial charge on any atom is -0.349 e. The second-order valence-electron chi connectivity index (χ2n) is 4.39. The van der Waals surface area contributed by atoms with Gasteiger partial charge in [0.05, 0.1) is 0 Å². The first-order valence-corrected chi connectivity index (χ1v) is 5.55. The summed E-state index contributed by atoms with van der Waals surface area (Å²) in [4.78, 5) is 3.49. The second kappa shape index (κ2) is 3.08. The van der Waals surface area contributed by atoms with Gasteiger partial charge < -0.3 is 4.98 Å². The van der Waals surface area contributed by atoms with Crippen molar-refractivity contribution in [3.63, 3.8) is 0 Å². The lowest BCUT2D eigenvalue weighted by Gasteiger charge is -1.99. The Hall–Kier alpha value is -1.83. The van der Waals surface area contributed by atoms with Gasteiger partial charge in [-0.25, -0.2) is 4.57 Å². The predicted molar refractivity (Wildman–Crippen MR) is 66.5 cm³/mol. The molecule has 1 aromatic carbocycles. The van der Waals surface area contributed by atoms with E-state index >= 15 is 0 Å². The lowest BCUT2D eigenvalue weighted by molar-refractivity contribution is -0.682. The Morgan fingerprint density at radius 3 is 2.62 bits per heavy atom. The highest BCUT2D eigenvalue weighted by molar-refractivity contribution is 6.07. The van der Waals surface area contributed by atoms with Crippen molar-refractivity contribution in [3.8, 4) is 0 Å². The van der Waals surface area contributed by atoms with E-state index in [0.29, 0.717) is 0 Å². The van der Waals surface area contributed by atoms with E-state index in [1.165, 1.54) is 33.2 Å². The van der Waals surface area contributed by atoms with E-state index in [4.69, 9.17) is 0 Å². The van der Waals surface area contributed by atoms with Crippen molar-refractivity contribution >= 4 is 21.8 Å². The van der Waals surface area contributed by atoms with Gasteiger partial charge in [0.1, 0.15) is 12.6 Å². The molecule has 0 fully saturated rings. The molecule has 16 heavy (non-hydrogen) atoms. The molecule has 0 saturated heterocycles. The van der Waals surface area contributed by atoms with Crippen LogP contribution in [0.3, 0.4) is 0 Å². The van der Waals surface area contributed by atoms with Crippen LogP contribution in [0.5, 0.6) is 0 Å². The fourth-order valence-electron chi connectivity index (χ4n) is 2.34. The molecule has 0 aliphatic rings. The molecule has 0 spiro atoms. The van der Waals surface area contributed by atoms with E-state index in [9.17, 15) is 0 Å². The van der Waals surface area contributed by atoms with E-state index in [-0.39, 0.29) is 0 Å². The summed E-state index contributed by atoms with van der Waals surface area (Å²) < 4.78 is 2.22. The lowest BCUT2D eigenvalue weighted by Crippen LogP contribution is -2.35. The molecule has 0 radical (unpaired) electrons. The number of nitrogens with zero attached hydrogens (tertiary/aromatic N) is 1. The van der Waals surface area contributed by atoms with Crippen LogP contribution in [0.4, 0.5) is 0 Å². The lowest BCUT2D eigenvalue weighted by atomic mass is 10.1. The molecule has 0 aliphatic heterocycles. The minimum atomic E-state index is 1.21. The molecular weight excluding hydrogens is 196 g/mol. The predicted octanol–water partition coefficient (Wildman–Crippen LogP) is 2.76. The van der Waals surface area contributed by atoms with Crippen LogP contribution >= 0.6 is 0 Å². The van der Waals surface area contributed by atoms with Crippen LogP contribution in [0.25, 0.3) is 21.8 Å². The van der Waals surface area contributed by atoms with Crippen LogP contribution < -0.4 is 4.57 Å². The van der Waals surface area contributed by atoms with Gasteiger partial charge in [-0.05, 0) is 6.07 Å². The molecule has 3 aromatic rings. The van der Waals surface area contributed by atoms with Crippen molar-refractivity contribution in [3.05, 3.63) is 41.7 Å². The maximum absolute atomic E-state index is 3.49. The highest BCUT2D eigenvalue weighted by Gasteiger charge is 2.14. The average Bonchev–Trinajstić information content (AvgIpc) is 2.65. The van der Waals surface area contributed by atoms with Crippen LogP contribution in [0, 0.1) is 13.8 Å². The Morgan fingerprint density at radius 2 is 1.81 bits per heavy atom. The Morgan fingerprint density at radius 1 is 1.06 bits per heavy atom. The SMILES string of the molecule is Cc1cc2c([nH]c3ccccc32)c(C)[n+]1C. The molecule has 0 atom stereocenters. The van der Waals surface area contributed by atoms with Gasteiger partial charge in [-0.1, -0.05) is 18.2 Å². The highest BCUT2D eigenvalue weighted by Crippen LogP contribution is 2.26. The maximum atomic E-state index is 3.49. The summed E-state index contributed by atoms with van der Waals surface area (Å²) in [5.74, 6) is 0. The number of benzene rings is 1. The number of pyridine rings is 1. The molecule has 0 bridgehead atoms. The number of hydrogen-bond acceptors (Lipinski definition) is 0. The van der Waals surface area contributed by atoms with Gasteiger partial charge in [0.2, 0.25) is 5.69 Å². The van der Waals surface area contributed by atoms with E-state index in [2.05, 4.69) is 60.8 Å². The third-order valence-electron chi connectivity index (χ3n) is 3.49. The summed E-state index contributed by atoms with van der Waals surface area (Å²) in [5.41, 5.74) is 5.03. The summed E-state index contributed by atoms with van der Waals surface area (Å²) in [5, 5.41) is 2.63. The first-order valence-electron chi connectivity index (χ1n) is 5.55. The zero-order chi connectivity index (χ0) is 11.3. The molecule has 2 heteroatoms. The molecule has 0 amide bonds. The summed E-state index contributed by atoms with van der Waals surface area (Å²) in [6.07, 6.45) is 0. The number of para-hydroxylation sites is 1. The fourth-order valence-corrected chi connectivity index (χ4v) is 2.34. The Bertz CT molecular complexity index is 693. The number of aromatic amines is 1. The number of H-pyrrole nitrogens is 1. The fraction of sp³-hybridized carbons (Fsp3) is 0.214. The minimum absolute atomic E-state index is 1.21. The smallest absolute Gasteiger partial charge is 0.202 e. The Labute approximate surface area is 94.5 Å². The van der Waals surface area contributed by atoms with Crippen molar-refractivity contribution in [2.75, 3.05) is 0 Å². The monoisotopic (exact) mass is 211 g/mol. The largest absolute Gasteiger partial charge is 0.349 e. The summed E-state index contributed by atoms with van der Waals surface area (Å²) in [6, 6.07) is 10.7. The Balaban J connectivity index is 2.60. The van der Waals surface area contributed by atoms with Crippen molar-refractivity contribution < 1.29 is 4.57 Å². The van der Waals surface area contributed by atoms with Crippen LogP contribution in [0.2, 0.25) is 0 Å². The number of hydrogen-bond donors (Lipinski definition) is 1. The van der Waals surface area contributed by atoms with Gasteiger partial charge in [-0.2, -0.15) is 0 Å². The number of fused-ring (bicyclic) bond motifs is 3.